The van der Waals surface area contributed by atoms with E-state index < -0.39 is 0 Å². The van der Waals surface area contributed by atoms with Gasteiger partial charge in [-0.3, -0.25) is 0 Å². The van der Waals surface area contributed by atoms with Crippen molar-refractivity contribution in [2.75, 3.05) is 20.1 Å². The van der Waals surface area contributed by atoms with Gasteiger partial charge in [-0.1, -0.05) is 13.8 Å². The van der Waals surface area contributed by atoms with Crippen molar-refractivity contribution in [1.29, 1.82) is 0 Å². The van der Waals surface area contributed by atoms with Crippen LogP contribution in [-0.2, 0) is 4.79 Å². The number of nitrogens with zero attached hydrogens (tertiary/aromatic N) is 2. The minimum absolute atomic E-state index is 0.0630. The first-order valence-corrected chi connectivity index (χ1v) is 6.25. The number of isocyanates is 1. The van der Waals surface area contributed by atoms with Gasteiger partial charge in [-0.2, -0.15) is 4.99 Å². The third-order valence-electron chi connectivity index (χ3n) is 4.32. The standard InChI is InChI=1S/C13H22N2O/c1-12(2)8-13(9-12,14-10-16)11-4-6-15(3)7-5-11/h11H,4-9H2,1-3H3. The van der Waals surface area contributed by atoms with Crippen LogP contribution < -0.4 is 0 Å². The first kappa shape index (κ1) is 11.8. The zero-order valence-corrected chi connectivity index (χ0v) is 10.6. The zero-order chi connectivity index (χ0) is 11.8. The van der Waals surface area contributed by atoms with E-state index in [1.165, 1.54) is 12.8 Å². The molecule has 0 aromatic rings. The number of hydrogen-bond donors (Lipinski definition) is 0. The summed E-state index contributed by atoms with van der Waals surface area (Å²) in [6, 6.07) is 0. The van der Waals surface area contributed by atoms with Crippen molar-refractivity contribution in [3.63, 3.8) is 0 Å². The van der Waals surface area contributed by atoms with E-state index in [1.807, 2.05) is 6.08 Å². The molecule has 1 heterocycles. The molecule has 0 unspecified atom stereocenters. The van der Waals surface area contributed by atoms with Gasteiger partial charge in [-0.15, -0.1) is 0 Å². The van der Waals surface area contributed by atoms with Gasteiger partial charge in [-0.05, 0) is 57.2 Å². The van der Waals surface area contributed by atoms with Gasteiger partial charge < -0.3 is 4.90 Å². The fraction of sp³-hybridized carbons (Fsp3) is 0.923. The lowest BCUT2D eigenvalue weighted by Gasteiger charge is -2.55. The zero-order valence-electron chi connectivity index (χ0n) is 10.6. The van der Waals surface area contributed by atoms with Crippen LogP contribution in [0.15, 0.2) is 4.99 Å². The Morgan fingerprint density at radius 1 is 1.25 bits per heavy atom. The first-order chi connectivity index (χ1) is 7.47. The van der Waals surface area contributed by atoms with E-state index >= 15 is 0 Å². The molecule has 0 bridgehead atoms. The molecule has 3 nitrogen and oxygen atoms in total. The Kier molecular flexibility index (Phi) is 2.93. The molecule has 90 valence electrons. The van der Waals surface area contributed by atoms with Crippen molar-refractivity contribution in [1.82, 2.24) is 4.90 Å². The second-order valence-electron chi connectivity index (χ2n) is 6.40. The normalized spacial score (nSPS) is 29.2. The van der Waals surface area contributed by atoms with Crippen molar-refractivity contribution in [3.8, 4) is 0 Å². The molecule has 1 saturated heterocycles. The SMILES string of the molecule is CN1CCC(C2(N=C=O)CC(C)(C)C2)CC1. The molecule has 0 amide bonds. The smallest absolute Gasteiger partial charge is 0.235 e. The Morgan fingerprint density at radius 2 is 1.81 bits per heavy atom. The molecule has 0 N–H and O–H groups in total. The van der Waals surface area contributed by atoms with E-state index in [4.69, 9.17) is 0 Å². The lowest BCUT2D eigenvalue weighted by atomic mass is 9.53. The molecule has 2 aliphatic rings. The molecule has 0 radical (unpaired) electrons. The molecule has 1 aliphatic carbocycles. The molecular formula is C13H22N2O. The van der Waals surface area contributed by atoms with Gasteiger partial charge in [0.1, 0.15) is 0 Å². The quantitative estimate of drug-likeness (QED) is 0.530. The fourth-order valence-electron chi connectivity index (χ4n) is 3.70. The number of likely N-dealkylation sites (tertiary alicyclic amines) is 1. The Hall–Kier alpha value is -0.660. The summed E-state index contributed by atoms with van der Waals surface area (Å²) < 4.78 is 0. The lowest BCUT2D eigenvalue weighted by Crippen LogP contribution is -2.54. The molecule has 2 rings (SSSR count). The summed E-state index contributed by atoms with van der Waals surface area (Å²) in [6.45, 7) is 6.81. The largest absolute Gasteiger partial charge is 0.306 e. The minimum Gasteiger partial charge on any atom is -0.306 e. The molecule has 2 fully saturated rings. The maximum Gasteiger partial charge on any atom is 0.235 e. The fourth-order valence-corrected chi connectivity index (χ4v) is 3.70. The van der Waals surface area contributed by atoms with Crippen molar-refractivity contribution < 1.29 is 4.79 Å². The Bertz CT molecular complexity index is 302. The van der Waals surface area contributed by atoms with Crippen molar-refractivity contribution in [3.05, 3.63) is 0 Å². The highest BCUT2D eigenvalue weighted by Gasteiger charge is 2.54. The molecular weight excluding hydrogens is 200 g/mol. The molecule has 3 heteroatoms. The van der Waals surface area contributed by atoms with Crippen LogP contribution in [0.5, 0.6) is 0 Å². The summed E-state index contributed by atoms with van der Waals surface area (Å²) in [6.07, 6.45) is 6.29. The highest BCUT2D eigenvalue weighted by atomic mass is 16.1. The van der Waals surface area contributed by atoms with Gasteiger partial charge >= 0.3 is 0 Å². The van der Waals surface area contributed by atoms with E-state index in [0.29, 0.717) is 11.3 Å². The van der Waals surface area contributed by atoms with Crippen molar-refractivity contribution in [2.24, 2.45) is 16.3 Å². The monoisotopic (exact) mass is 222 g/mol. The average Bonchev–Trinajstić information content (AvgIpc) is 2.16. The number of rotatable bonds is 2. The van der Waals surface area contributed by atoms with E-state index in [2.05, 4.69) is 30.8 Å². The highest BCUT2D eigenvalue weighted by Crippen LogP contribution is 2.55. The summed E-state index contributed by atoms with van der Waals surface area (Å²) in [7, 11) is 2.16. The maximum atomic E-state index is 10.6. The minimum atomic E-state index is -0.0630. The second-order valence-corrected chi connectivity index (χ2v) is 6.40. The van der Waals surface area contributed by atoms with Gasteiger partial charge in [-0.25, -0.2) is 4.79 Å². The lowest BCUT2D eigenvalue weighted by molar-refractivity contribution is -0.00363. The van der Waals surface area contributed by atoms with E-state index in [-0.39, 0.29) is 5.54 Å². The summed E-state index contributed by atoms with van der Waals surface area (Å²) in [4.78, 5) is 17.2. The summed E-state index contributed by atoms with van der Waals surface area (Å²) >= 11 is 0. The maximum absolute atomic E-state index is 10.6. The van der Waals surface area contributed by atoms with Crippen LogP contribution in [0.4, 0.5) is 0 Å². The predicted octanol–water partition coefficient (Wildman–Crippen LogP) is 2.22. The van der Waals surface area contributed by atoms with Crippen molar-refractivity contribution >= 4 is 6.08 Å². The molecule has 16 heavy (non-hydrogen) atoms. The number of carbonyl (C=O) groups excluding carboxylic acids is 1. The van der Waals surface area contributed by atoms with Crippen LogP contribution in [0.2, 0.25) is 0 Å². The molecule has 0 aromatic carbocycles. The third-order valence-corrected chi connectivity index (χ3v) is 4.32. The van der Waals surface area contributed by atoms with Gasteiger partial charge in [0, 0.05) is 0 Å². The number of hydrogen-bond acceptors (Lipinski definition) is 3. The molecule has 0 atom stereocenters. The van der Waals surface area contributed by atoms with Crippen LogP contribution in [0, 0.1) is 11.3 Å². The van der Waals surface area contributed by atoms with Crippen LogP contribution in [0.1, 0.15) is 39.5 Å². The predicted molar refractivity (Wildman–Crippen MR) is 64.1 cm³/mol. The van der Waals surface area contributed by atoms with E-state index in [0.717, 1.165) is 25.9 Å². The van der Waals surface area contributed by atoms with Gasteiger partial charge in [0.2, 0.25) is 6.08 Å². The van der Waals surface area contributed by atoms with Crippen LogP contribution in [0.25, 0.3) is 0 Å². The summed E-state index contributed by atoms with van der Waals surface area (Å²) in [5.74, 6) is 0.596. The highest BCUT2D eigenvalue weighted by molar-refractivity contribution is 5.36. The molecule has 1 saturated carbocycles. The van der Waals surface area contributed by atoms with Crippen LogP contribution >= 0.6 is 0 Å². The molecule has 0 spiro atoms. The van der Waals surface area contributed by atoms with Crippen molar-refractivity contribution in [2.45, 2.75) is 45.1 Å². The number of piperidine rings is 1. The van der Waals surface area contributed by atoms with Gasteiger partial charge in [0.05, 0.1) is 5.54 Å². The Balaban J connectivity index is 2.07. The van der Waals surface area contributed by atoms with Crippen LogP contribution in [0.3, 0.4) is 0 Å². The third kappa shape index (κ3) is 2.07. The molecule has 0 aromatic heterocycles. The van der Waals surface area contributed by atoms with E-state index in [1.54, 1.807) is 0 Å². The Labute approximate surface area is 97.9 Å². The topological polar surface area (TPSA) is 32.7 Å². The first-order valence-electron chi connectivity index (χ1n) is 6.25. The summed E-state index contributed by atoms with van der Waals surface area (Å²) in [5, 5.41) is 0. The summed E-state index contributed by atoms with van der Waals surface area (Å²) in [5.41, 5.74) is 0.302. The van der Waals surface area contributed by atoms with E-state index in [9.17, 15) is 4.79 Å². The van der Waals surface area contributed by atoms with Gasteiger partial charge in [0.25, 0.3) is 0 Å². The second kappa shape index (κ2) is 3.97. The van der Waals surface area contributed by atoms with Crippen LogP contribution in [-0.4, -0.2) is 36.7 Å². The Morgan fingerprint density at radius 3 is 2.25 bits per heavy atom. The molecule has 1 aliphatic heterocycles. The average molecular weight is 222 g/mol. The van der Waals surface area contributed by atoms with Gasteiger partial charge in [0.15, 0.2) is 0 Å². The number of aliphatic imine (C=N–C) groups is 1.